The second-order valence-corrected chi connectivity index (χ2v) is 5.39. The first-order valence-electron chi connectivity index (χ1n) is 6.41. The van der Waals surface area contributed by atoms with Crippen LogP contribution in [0.5, 0.6) is 0 Å². The molecule has 0 unspecified atom stereocenters. The van der Waals surface area contributed by atoms with Crippen molar-refractivity contribution in [1.29, 1.82) is 0 Å². The molecule has 6 nitrogen and oxygen atoms in total. The van der Waals surface area contributed by atoms with Crippen LogP contribution >= 0.6 is 11.3 Å². The van der Waals surface area contributed by atoms with Crippen LogP contribution in [0.1, 0.15) is 17.5 Å². The Balaban J connectivity index is 2.30. The second kappa shape index (κ2) is 6.53. The largest absolute Gasteiger partial charge is 0.317 e. The average molecular weight is 292 g/mol. The predicted octanol–water partition coefficient (Wildman–Crippen LogP) is 2.57. The number of hydrogen-bond acceptors (Lipinski definition) is 6. The quantitative estimate of drug-likeness (QED) is 0.503. The van der Waals surface area contributed by atoms with Crippen molar-refractivity contribution >= 4 is 17.0 Å². The molecule has 0 spiro atoms. The molecule has 0 aliphatic carbocycles. The molecular weight excluding hydrogens is 276 g/mol. The zero-order valence-electron chi connectivity index (χ0n) is 11.4. The van der Waals surface area contributed by atoms with E-state index in [1.54, 1.807) is 6.07 Å². The highest BCUT2D eigenvalue weighted by Crippen LogP contribution is 2.34. The fourth-order valence-corrected chi connectivity index (χ4v) is 2.87. The molecule has 1 heterocycles. The molecule has 106 valence electrons. The third kappa shape index (κ3) is 3.17. The Labute approximate surface area is 121 Å². The number of nitrogens with zero attached hydrogens (tertiary/aromatic N) is 3. The summed E-state index contributed by atoms with van der Waals surface area (Å²) < 4.78 is 0. The average Bonchev–Trinajstić information content (AvgIpc) is 2.87. The maximum Gasteiger partial charge on any atom is 0.279 e. The topological polar surface area (TPSA) is 81.0 Å². The summed E-state index contributed by atoms with van der Waals surface area (Å²) in [6, 6.07) is 5.04. The lowest BCUT2D eigenvalue weighted by atomic mass is 10.1. The summed E-state index contributed by atoms with van der Waals surface area (Å²) in [6.07, 6.45) is 0.783. The highest BCUT2D eigenvalue weighted by molar-refractivity contribution is 7.14. The van der Waals surface area contributed by atoms with Gasteiger partial charge in [-0.05, 0) is 19.0 Å². The number of benzene rings is 1. The molecule has 7 heteroatoms. The van der Waals surface area contributed by atoms with Gasteiger partial charge in [0.05, 0.1) is 10.5 Å². The van der Waals surface area contributed by atoms with E-state index in [9.17, 15) is 10.1 Å². The number of nitro benzene ring substituents is 1. The molecule has 2 rings (SSSR count). The van der Waals surface area contributed by atoms with E-state index in [1.165, 1.54) is 17.4 Å². The molecule has 0 radical (unpaired) electrons. The lowest BCUT2D eigenvalue weighted by Crippen LogP contribution is -2.15. The Morgan fingerprint density at radius 1 is 1.40 bits per heavy atom. The molecule has 0 saturated heterocycles. The fraction of sp³-hybridized carbons (Fsp3) is 0.385. The Hall–Kier alpha value is -1.86. The fourth-order valence-electron chi connectivity index (χ4n) is 1.91. The smallest absolute Gasteiger partial charge is 0.279 e. The second-order valence-electron chi connectivity index (χ2n) is 4.33. The molecule has 0 aliphatic heterocycles. The monoisotopic (exact) mass is 292 g/mol. The first-order chi connectivity index (χ1) is 9.63. The summed E-state index contributed by atoms with van der Waals surface area (Å²) >= 11 is 1.42. The predicted molar refractivity (Wildman–Crippen MR) is 79.0 cm³/mol. The third-order valence-electron chi connectivity index (χ3n) is 2.89. The number of hydrogen-bond donors (Lipinski definition) is 1. The maximum atomic E-state index is 11.1. The van der Waals surface area contributed by atoms with Gasteiger partial charge in [0.25, 0.3) is 5.69 Å². The van der Waals surface area contributed by atoms with Crippen LogP contribution < -0.4 is 5.32 Å². The van der Waals surface area contributed by atoms with E-state index in [-0.39, 0.29) is 10.6 Å². The normalized spacial score (nSPS) is 10.7. The van der Waals surface area contributed by atoms with Crippen molar-refractivity contribution in [2.24, 2.45) is 0 Å². The lowest BCUT2D eigenvalue weighted by Gasteiger charge is -2.02. The third-order valence-corrected chi connectivity index (χ3v) is 3.89. The van der Waals surface area contributed by atoms with Gasteiger partial charge in [-0.1, -0.05) is 30.4 Å². The number of rotatable bonds is 6. The van der Waals surface area contributed by atoms with E-state index in [0.717, 1.165) is 30.1 Å². The van der Waals surface area contributed by atoms with Gasteiger partial charge >= 0.3 is 0 Å². The minimum Gasteiger partial charge on any atom is -0.317 e. The Morgan fingerprint density at radius 3 is 2.90 bits per heavy atom. The summed E-state index contributed by atoms with van der Waals surface area (Å²) in [7, 11) is 0. The molecule has 1 aromatic heterocycles. The SMILES string of the molecule is CCNCCc1nnc(-c2c(C)cccc2[N+](=O)[O-])s1. The van der Waals surface area contributed by atoms with Crippen molar-refractivity contribution in [1.82, 2.24) is 15.5 Å². The standard InChI is InChI=1S/C13H16N4O2S/c1-3-14-8-7-11-15-16-13(20-11)12-9(2)5-4-6-10(12)17(18)19/h4-6,14H,3,7-8H2,1-2H3. The van der Waals surface area contributed by atoms with E-state index in [4.69, 9.17) is 0 Å². The van der Waals surface area contributed by atoms with E-state index in [0.29, 0.717) is 10.6 Å². The summed E-state index contributed by atoms with van der Waals surface area (Å²) in [4.78, 5) is 10.7. The molecule has 0 aliphatic rings. The summed E-state index contributed by atoms with van der Waals surface area (Å²) in [5, 5.41) is 24.1. The Bertz CT molecular complexity index is 612. The van der Waals surface area contributed by atoms with E-state index in [1.807, 2.05) is 19.9 Å². The van der Waals surface area contributed by atoms with Crippen LogP contribution in [-0.2, 0) is 6.42 Å². The molecule has 1 aromatic carbocycles. The highest BCUT2D eigenvalue weighted by atomic mass is 32.1. The van der Waals surface area contributed by atoms with Gasteiger partial charge < -0.3 is 5.32 Å². The van der Waals surface area contributed by atoms with E-state index in [2.05, 4.69) is 15.5 Å². The number of aromatic nitrogens is 2. The van der Waals surface area contributed by atoms with Gasteiger partial charge in [0.2, 0.25) is 0 Å². The van der Waals surface area contributed by atoms with Crippen molar-refractivity contribution in [3.63, 3.8) is 0 Å². The van der Waals surface area contributed by atoms with Gasteiger partial charge in [-0.2, -0.15) is 0 Å². The molecule has 20 heavy (non-hydrogen) atoms. The minimum absolute atomic E-state index is 0.0828. The highest BCUT2D eigenvalue weighted by Gasteiger charge is 2.20. The first-order valence-corrected chi connectivity index (χ1v) is 7.22. The van der Waals surface area contributed by atoms with Crippen molar-refractivity contribution in [2.75, 3.05) is 13.1 Å². The van der Waals surface area contributed by atoms with Gasteiger partial charge in [0.1, 0.15) is 5.01 Å². The summed E-state index contributed by atoms with van der Waals surface area (Å²) in [5.41, 5.74) is 1.50. The van der Waals surface area contributed by atoms with E-state index < -0.39 is 0 Å². The zero-order chi connectivity index (χ0) is 14.5. The van der Waals surface area contributed by atoms with Gasteiger partial charge in [-0.25, -0.2) is 0 Å². The van der Waals surface area contributed by atoms with Crippen LogP contribution in [0.25, 0.3) is 10.6 Å². The van der Waals surface area contributed by atoms with Crippen LogP contribution in [0.15, 0.2) is 18.2 Å². The maximum absolute atomic E-state index is 11.1. The van der Waals surface area contributed by atoms with Gasteiger partial charge in [0, 0.05) is 19.0 Å². The Kier molecular flexibility index (Phi) is 4.75. The van der Waals surface area contributed by atoms with Crippen LogP contribution in [0.3, 0.4) is 0 Å². The van der Waals surface area contributed by atoms with Crippen molar-refractivity contribution < 1.29 is 4.92 Å². The number of likely N-dealkylation sites (N-methyl/N-ethyl adjacent to an activating group) is 1. The Morgan fingerprint density at radius 2 is 2.20 bits per heavy atom. The van der Waals surface area contributed by atoms with Crippen LogP contribution in [-0.4, -0.2) is 28.2 Å². The van der Waals surface area contributed by atoms with Gasteiger partial charge in [-0.15, -0.1) is 10.2 Å². The minimum atomic E-state index is -0.373. The molecule has 0 atom stereocenters. The van der Waals surface area contributed by atoms with Crippen molar-refractivity contribution in [3.8, 4) is 10.6 Å². The van der Waals surface area contributed by atoms with Gasteiger partial charge in [-0.3, -0.25) is 10.1 Å². The molecule has 2 aromatic rings. The summed E-state index contributed by atoms with van der Waals surface area (Å²) in [6.45, 7) is 5.64. The molecule has 0 saturated carbocycles. The first kappa shape index (κ1) is 14.5. The molecule has 0 fully saturated rings. The molecular formula is C13H16N4O2S. The van der Waals surface area contributed by atoms with Crippen molar-refractivity contribution in [3.05, 3.63) is 38.9 Å². The van der Waals surface area contributed by atoms with Crippen LogP contribution in [0.4, 0.5) is 5.69 Å². The number of nitrogens with one attached hydrogen (secondary N) is 1. The number of nitro groups is 1. The lowest BCUT2D eigenvalue weighted by molar-refractivity contribution is -0.384. The zero-order valence-corrected chi connectivity index (χ0v) is 12.2. The van der Waals surface area contributed by atoms with Gasteiger partial charge in [0.15, 0.2) is 5.01 Å². The van der Waals surface area contributed by atoms with E-state index >= 15 is 0 Å². The number of aryl methyl sites for hydroxylation is 1. The van der Waals surface area contributed by atoms with Crippen LogP contribution in [0.2, 0.25) is 0 Å². The van der Waals surface area contributed by atoms with Crippen LogP contribution in [0, 0.1) is 17.0 Å². The van der Waals surface area contributed by atoms with Crippen molar-refractivity contribution in [2.45, 2.75) is 20.3 Å². The molecule has 0 amide bonds. The summed E-state index contributed by atoms with van der Waals surface area (Å²) in [5.74, 6) is 0. The molecule has 0 bridgehead atoms. The molecule has 1 N–H and O–H groups in total.